The number of benzene rings is 2. The molecule has 0 amide bonds. The van der Waals surface area contributed by atoms with Gasteiger partial charge < -0.3 is 14.8 Å². The van der Waals surface area contributed by atoms with Gasteiger partial charge in [-0.25, -0.2) is 0 Å². The van der Waals surface area contributed by atoms with Crippen LogP contribution in [0.5, 0.6) is 11.5 Å². The van der Waals surface area contributed by atoms with Gasteiger partial charge in [-0.1, -0.05) is 44.5 Å². The lowest BCUT2D eigenvalue weighted by Crippen LogP contribution is -2.31. The summed E-state index contributed by atoms with van der Waals surface area (Å²) in [6, 6.07) is 11.5. The van der Waals surface area contributed by atoms with E-state index in [2.05, 4.69) is 63.3 Å². The average molecular weight is 368 g/mol. The summed E-state index contributed by atoms with van der Waals surface area (Å²) in [6.45, 7) is 15.3. The van der Waals surface area contributed by atoms with E-state index < -0.39 is 0 Å². The molecule has 0 spiro atoms. The standard InChI is InChI=1S/C24H33NO2/c1-7-26-21-14-17-9-10-25-23(20(17)15-22(21)27-8-2)18-11-16(3)12-19(13-18)24(4,5)6/h11-15,23,25H,7-10H2,1-6H3. The van der Waals surface area contributed by atoms with Crippen molar-refractivity contribution in [2.75, 3.05) is 19.8 Å². The van der Waals surface area contributed by atoms with E-state index in [4.69, 9.17) is 9.47 Å². The molecule has 3 nitrogen and oxygen atoms in total. The van der Waals surface area contributed by atoms with Gasteiger partial charge in [0.15, 0.2) is 11.5 Å². The first-order valence-electron chi connectivity index (χ1n) is 10.1. The lowest BCUT2D eigenvalue weighted by molar-refractivity contribution is 0.286. The number of ether oxygens (including phenoxy) is 2. The van der Waals surface area contributed by atoms with Crippen molar-refractivity contribution < 1.29 is 9.47 Å². The molecule has 146 valence electrons. The van der Waals surface area contributed by atoms with Crippen molar-refractivity contribution in [3.8, 4) is 11.5 Å². The van der Waals surface area contributed by atoms with Crippen LogP contribution in [0.3, 0.4) is 0 Å². The highest BCUT2D eigenvalue weighted by Crippen LogP contribution is 2.38. The zero-order chi connectivity index (χ0) is 19.6. The van der Waals surface area contributed by atoms with Gasteiger partial charge in [0.05, 0.1) is 19.3 Å². The number of rotatable bonds is 5. The van der Waals surface area contributed by atoms with Gasteiger partial charge in [-0.15, -0.1) is 0 Å². The van der Waals surface area contributed by atoms with Gasteiger partial charge in [-0.3, -0.25) is 0 Å². The Hall–Kier alpha value is -2.00. The summed E-state index contributed by atoms with van der Waals surface area (Å²) in [6.07, 6.45) is 1.01. The molecule has 1 N–H and O–H groups in total. The van der Waals surface area contributed by atoms with Crippen molar-refractivity contribution in [1.82, 2.24) is 5.32 Å². The first kappa shape index (κ1) is 19.8. The van der Waals surface area contributed by atoms with E-state index in [1.54, 1.807) is 0 Å². The Kier molecular flexibility index (Phi) is 5.81. The maximum atomic E-state index is 5.89. The third-order valence-electron chi connectivity index (χ3n) is 5.16. The summed E-state index contributed by atoms with van der Waals surface area (Å²) < 4.78 is 11.7. The van der Waals surface area contributed by atoms with Crippen LogP contribution in [0.15, 0.2) is 30.3 Å². The van der Waals surface area contributed by atoms with Gasteiger partial charge in [-0.05, 0) is 67.0 Å². The minimum Gasteiger partial charge on any atom is -0.490 e. The lowest BCUT2D eigenvalue weighted by Gasteiger charge is -2.30. The van der Waals surface area contributed by atoms with Crippen LogP contribution in [0, 0.1) is 6.92 Å². The Balaban J connectivity index is 2.08. The van der Waals surface area contributed by atoms with Crippen LogP contribution in [0.2, 0.25) is 0 Å². The number of hydrogen-bond acceptors (Lipinski definition) is 3. The summed E-state index contributed by atoms with van der Waals surface area (Å²) in [5, 5.41) is 3.72. The van der Waals surface area contributed by atoms with Gasteiger partial charge in [0.1, 0.15) is 0 Å². The molecule has 1 aliphatic heterocycles. The third-order valence-corrected chi connectivity index (χ3v) is 5.16. The largest absolute Gasteiger partial charge is 0.490 e. The second-order valence-electron chi connectivity index (χ2n) is 8.38. The molecule has 1 unspecified atom stereocenters. The van der Waals surface area contributed by atoms with Crippen molar-refractivity contribution in [3.63, 3.8) is 0 Å². The fourth-order valence-electron chi connectivity index (χ4n) is 3.81. The van der Waals surface area contributed by atoms with Crippen LogP contribution in [0.1, 0.15) is 68.5 Å². The topological polar surface area (TPSA) is 30.5 Å². The zero-order valence-corrected chi connectivity index (χ0v) is 17.6. The van der Waals surface area contributed by atoms with E-state index in [9.17, 15) is 0 Å². The second-order valence-corrected chi connectivity index (χ2v) is 8.38. The Bertz CT molecular complexity index is 805. The van der Waals surface area contributed by atoms with E-state index >= 15 is 0 Å². The molecular formula is C24H33NO2. The molecule has 3 rings (SSSR count). The molecule has 0 saturated heterocycles. The fraction of sp³-hybridized carbons (Fsp3) is 0.500. The highest BCUT2D eigenvalue weighted by atomic mass is 16.5. The van der Waals surface area contributed by atoms with Crippen LogP contribution in [-0.4, -0.2) is 19.8 Å². The second kappa shape index (κ2) is 7.93. The minimum absolute atomic E-state index is 0.133. The van der Waals surface area contributed by atoms with Gasteiger partial charge in [-0.2, -0.15) is 0 Å². The average Bonchev–Trinajstić information content (AvgIpc) is 2.61. The SMILES string of the molecule is CCOc1cc2c(cc1OCC)C(c1cc(C)cc(C(C)(C)C)c1)NCC2. The summed E-state index contributed by atoms with van der Waals surface area (Å²) in [5.74, 6) is 1.70. The van der Waals surface area contributed by atoms with E-state index in [0.29, 0.717) is 13.2 Å². The number of fused-ring (bicyclic) bond motifs is 1. The molecule has 1 aliphatic rings. The summed E-state index contributed by atoms with van der Waals surface area (Å²) >= 11 is 0. The Morgan fingerprint density at radius 3 is 2.26 bits per heavy atom. The highest BCUT2D eigenvalue weighted by molar-refractivity contribution is 5.52. The van der Waals surface area contributed by atoms with E-state index in [-0.39, 0.29) is 11.5 Å². The zero-order valence-electron chi connectivity index (χ0n) is 17.6. The molecule has 2 aromatic rings. The monoisotopic (exact) mass is 367 g/mol. The predicted octanol–water partition coefficient (Wildman–Crippen LogP) is 5.33. The fourth-order valence-corrected chi connectivity index (χ4v) is 3.81. The van der Waals surface area contributed by atoms with Crippen molar-refractivity contribution >= 4 is 0 Å². The normalized spacial score (nSPS) is 16.7. The van der Waals surface area contributed by atoms with Gasteiger partial charge in [0.2, 0.25) is 0 Å². The summed E-state index contributed by atoms with van der Waals surface area (Å²) in [4.78, 5) is 0. The molecular weight excluding hydrogens is 334 g/mol. The van der Waals surface area contributed by atoms with Gasteiger partial charge in [0.25, 0.3) is 0 Å². The van der Waals surface area contributed by atoms with Gasteiger partial charge >= 0.3 is 0 Å². The third kappa shape index (κ3) is 4.30. The van der Waals surface area contributed by atoms with Crippen LogP contribution < -0.4 is 14.8 Å². The van der Waals surface area contributed by atoms with Crippen molar-refractivity contribution in [2.45, 2.75) is 59.4 Å². The molecule has 0 aliphatic carbocycles. The molecule has 27 heavy (non-hydrogen) atoms. The van der Waals surface area contributed by atoms with Crippen molar-refractivity contribution in [2.24, 2.45) is 0 Å². The Morgan fingerprint density at radius 1 is 0.963 bits per heavy atom. The molecule has 0 radical (unpaired) electrons. The molecule has 1 heterocycles. The maximum absolute atomic E-state index is 5.89. The number of hydrogen-bond donors (Lipinski definition) is 1. The predicted molar refractivity (Wildman–Crippen MR) is 112 cm³/mol. The number of aryl methyl sites for hydroxylation is 1. The molecule has 0 bridgehead atoms. The van der Waals surface area contributed by atoms with E-state index in [0.717, 1.165) is 24.5 Å². The molecule has 0 fully saturated rings. The molecule has 1 atom stereocenters. The van der Waals surface area contributed by atoms with Crippen LogP contribution in [0.4, 0.5) is 0 Å². The van der Waals surface area contributed by atoms with Crippen LogP contribution in [-0.2, 0) is 11.8 Å². The smallest absolute Gasteiger partial charge is 0.161 e. The van der Waals surface area contributed by atoms with Crippen LogP contribution >= 0.6 is 0 Å². The first-order valence-corrected chi connectivity index (χ1v) is 10.1. The highest BCUT2D eigenvalue weighted by Gasteiger charge is 2.25. The van der Waals surface area contributed by atoms with Crippen molar-refractivity contribution in [1.29, 1.82) is 0 Å². The number of nitrogens with one attached hydrogen (secondary N) is 1. The van der Waals surface area contributed by atoms with E-state index in [1.165, 1.54) is 27.8 Å². The Morgan fingerprint density at radius 2 is 1.63 bits per heavy atom. The minimum atomic E-state index is 0.133. The van der Waals surface area contributed by atoms with Gasteiger partial charge in [0, 0.05) is 6.54 Å². The van der Waals surface area contributed by atoms with Crippen LogP contribution in [0.25, 0.3) is 0 Å². The summed E-state index contributed by atoms with van der Waals surface area (Å²) in [5.41, 5.74) is 6.80. The lowest BCUT2D eigenvalue weighted by atomic mass is 9.82. The molecule has 2 aromatic carbocycles. The first-order chi connectivity index (χ1) is 12.8. The summed E-state index contributed by atoms with van der Waals surface area (Å²) in [7, 11) is 0. The quantitative estimate of drug-likeness (QED) is 0.775. The molecule has 0 aromatic heterocycles. The molecule has 0 saturated carbocycles. The Labute approximate surface area is 164 Å². The molecule has 3 heteroatoms. The maximum Gasteiger partial charge on any atom is 0.161 e. The van der Waals surface area contributed by atoms with Crippen molar-refractivity contribution in [3.05, 3.63) is 58.1 Å². The van der Waals surface area contributed by atoms with E-state index in [1.807, 2.05) is 13.8 Å².